The molecule has 0 bridgehead atoms. The quantitative estimate of drug-likeness (QED) is 0.913. The molecule has 0 saturated carbocycles. The van der Waals surface area contributed by atoms with Crippen molar-refractivity contribution in [2.75, 3.05) is 4.90 Å². The Morgan fingerprint density at radius 3 is 2.84 bits per heavy atom. The van der Waals surface area contributed by atoms with Gasteiger partial charge in [0.2, 0.25) is 5.91 Å². The zero-order valence-electron chi connectivity index (χ0n) is 10.0. The summed E-state index contributed by atoms with van der Waals surface area (Å²) in [4.78, 5) is 28.6. The third kappa shape index (κ3) is 1.72. The van der Waals surface area contributed by atoms with Gasteiger partial charge in [0, 0.05) is 5.38 Å². The van der Waals surface area contributed by atoms with E-state index < -0.39 is 5.97 Å². The Balaban J connectivity index is 2.09. The number of amides is 1. The summed E-state index contributed by atoms with van der Waals surface area (Å²) in [5.74, 6) is -1.39. The summed E-state index contributed by atoms with van der Waals surface area (Å²) in [6.07, 6.45) is 0. The molecule has 5 nitrogen and oxygen atoms in total. The van der Waals surface area contributed by atoms with Crippen LogP contribution in [-0.2, 0) is 4.79 Å². The summed E-state index contributed by atoms with van der Waals surface area (Å²) in [5, 5.41) is 10.7. The predicted molar refractivity (Wildman–Crippen MR) is 71.1 cm³/mol. The molecule has 96 valence electrons. The summed E-state index contributed by atoms with van der Waals surface area (Å²) in [7, 11) is 0. The zero-order chi connectivity index (χ0) is 13.6. The van der Waals surface area contributed by atoms with Crippen molar-refractivity contribution < 1.29 is 14.7 Å². The van der Waals surface area contributed by atoms with Gasteiger partial charge in [-0.05, 0) is 18.6 Å². The summed E-state index contributed by atoms with van der Waals surface area (Å²) in [5.41, 5.74) is 1.69. The van der Waals surface area contributed by atoms with Crippen molar-refractivity contribution in [2.45, 2.75) is 12.8 Å². The molecule has 1 aliphatic heterocycles. The number of nitrogens with zero attached hydrogens (tertiary/aromatic N) is 2. The van der Waals surface area contributed by atoms with Crippen molar-refractivity contribution in [3.63, 3.8) is 0 Å². The third-order valence-corrected chi connectivity index (χ3v) is 3.96. The lowest BCUT2D eigenvalue weighted by Crippen LogP contribution is -2.22. The van der Waals surface area contributed by atoms with Crippen molar-refractivity contribution >= 4 is 34.0 Å². The van der Waals surface area contributed by atoms with Gasteiger partial charge in [-0.1, -0.05) is 18.2 Å². The number of carbonyl (C=O) groups excluding carboxylic acids is 1. The van der Waals surface area contributed by atoms with Crippen LogP contribution < -0.4 is 4.90 Å². The molecule has 0 saturated heterocycles. The van der Waals surface area contributed by atoms with Gasteiger partial charge < -0.3 is 5.11 Å². The van der Waals surface area contributed by atoms with E-state index in [9.17, 15) is 9.59 Å². The first kappa shape index (κ1) is 11.9. The largest absolute Gasteiger partial charge is 0.476 e. The first-order valence-electron chi connectivity index (χ1n) is 5.71. The smallest absolute Gasteiger partial charge is 0.355 e. The fourth-order valence-electron chi connectivity index (χ4n) is 2.17. The number of carbonyl (C=O) groups is 2. The first-order valence-corrected chi connectivity index (χ1v) is 6.59. The van der Waals surface area contributed by atoms with E-state index in [1.54, 1.807) is 0 Å². The lowest BCUT2D eigenvalue weighted by molar-refractivity contribution is -0.118. The number of carboxylic acid groups (broad SMARTS) is 1. The predicted octanol–water partition coefficient (Wildman–Crippen LogP) is 2.62. The highest BCUT2D eigenvalue weighted by molar-refractivity contribution is 7.14. The van der Waals surface area contributed by atoms with Gasteiger partial charge in [-0.2, -0.15) is 0 Å². The number of fused-ring (bicyclic) bond motifs is 1. The van der Waals surface area contributed by atoms with Gasteiger partial charge in [0.15, 0.2) is 10.8 Å². The molecule has 2 aromatic rings. The van der Waals surface area contributed by atoms with E-state index in [4.69, 9.17) is 5.11 Å². The van der Waals surface area contributed by atoms with Crippen LogP contribution in [0.15, 0.2) is 29.6 Å². The van der Waals surface area contributed by atoms with Gasteiger partial charge in [-0.15, -0.1) is 11.3 Å². The van der Waals surface area contributed by atoms with Crippen molar-refractivity contribution in [1.29, 1.82) is 0 Å². The number of aromatic carboxylic acids is 1. The molecule has 1 N–H and O–H groups in total. The maximum absolute atomic E-state index is 12.3. The van der Waals surface area contributed by atoms with Crippen LogP contribution in [0.5, 0.6) is 0 Å². The number of thiazole rings is 1. The van der Waals surface area contributed by atoms with Gasteiger partial charge in [0.25, 0.3) is 0 Å². The first-order chi connectivity index (χ1) is 9.09. The second-order valence-electron chi connectivity index (χ2n) is 4.27. The van der Waals surface area contributed by atoms with Crippen molar-refractivity contribution in [2.24, 2.45) is 0 Å². The van der Waals surface area contributed by atoms with Crippen LogP contribution in [-0.4, -0.2) is 22.0 Å². The van der Waals surface area contributed by atoms with E-state index in [-0.39, 0.29) is 17.5 Å². The molecule has 1 aliphatic rings. The van der Waals surface area contributed by atoms with E-state index in [0.717, 1.165) is 22.6 Å². The Bertz CT molecular complexity index is 680. The standard InChI is InChI=1S/C13H10N2O3S/c1-7-8-4-2-3-5-10(8)15(11(7)16)13-14-9(6-19-13)12(17)18/h2-7H,1H3,(H,17,18). The summed E-state index contributed by atoms with van der Waals surface area (Å²) < 4.78 is 0. The highest BCUT2D eigenvalue weighted by Gasteiger charge is 2.36. The minimum atomic E-state index is -1.09. The van der Waals surface area contributed by atoms with Crippen LogP contribution in [0.1, 0.15) is 28.9 Å². The lowest BCUT2D eigenvalue weighted by atomic mass is 10.0. The maximum atomic E-state index is 12.3. The van der Waals surface area contributed by atoms with Crippen molar-refractivity contribution in [1.82, 2.24) is 4.98 Å². The number of para-hydroxylation sites is 1. The molecule has 1 atom stereocenters. The van der Waals surface area contributed by atoms with Crippen LogP contribution in [0.3, 0.4) is 0 Å². The molecule has 19 heavy (non-hydrogen) atoms. The Hall–Kier alpha value is -2.21. The second kappa shape index (κ2) is 4.17. The summed E-state index contributed by atoms with van der Waals surface area (Å²) >= 11 is 1.16. The van der Waals surface area contributed by atoms with Crippen molar-refractivity contribution in [3.05, 3.63) is 40.9 Å². The van der Waals surface area contributed by atoms with E-state index in [2.05, 4.69) is 4.98 Å². The van der Waals surface area contributed by atoms with Gasteiger partial charge in [-0.25, -0.2) is 9.78 Å². The molecule has 6 heteroatoms. The van der Waals surface area contributed by atoms with E-state index in [1.165, 1.54) is 10.3 Å². The molecule has 1 aromatic carbocycles. The monoisotopic (exact) mass is 274 g/mol. The van der Waals surface area contributed by atoms with Gasteiger partial charge in [-0.3, -0.25) is 9.69 Å². The van der Waals surface area contributed by atoms with Crippen LogP contribution in [0.25, 0.3) is 0 Å². The third-order valence-electron chi connectivity index (χ3n) is 3.14. The molecule has 1 aromatic heterocycles. The SMILES string of the molecule is CC1C(=O)N(c2nc(C(=O)O)cs2)c2ccccc21. The number of carboxylic acids is 1. The average Bonchev–Trinajstić information content (AvgIpc) is 2.96. The highest BCUT2D eigenvalue weighted by atomic mass is 32.1. The molecule has 0 aliphatic carbocycles. The van der Waals surface area contributed by atoms with Crippen LogP contribution in [0.2, 0.25) is 0 Å². The molecule has 3 rings (SSSR count). The summed E-state index contributed by atoms with van der Waals surface area (Å²) in [6.45, 7) is 1.84. The van der Waals surface area contributed by atoms with Crippen LogP contribution in [0, 0.1) is 0 Å². The molecule has 0 fully saturated rings. The normalized spacial score (nSPS) is 17.6. The summed E-state index contributed by atoms with van der Waals surface area (Å²) in [6, 6.07) is 7.49. The van der Waals surface area contributed by atoms with E-state index in [0.29, 0.717) is 5.13 Å². The number of benzene rings is 1. The Morgan fingerprint density at radius 1 is 1.42 bits per heavy atom. The molecule has 1 amide bonds. The van der Waals surface area contributed by atoms with Crippen molar-refractivity contribution in [3.8, 4) is 0 Å². The maximum Gasteiger partial charge on any atom is 0.355 e. The molecule has 2 heterocycles. The Labute approximate surface area is 113 Å². The Kier molecular flexibility index (Phi) is 2.60. The Morgan fingerprint density at radius 2 is 2.16 bits per heavy atom. The number of rotatable bonds is 2. The fourth-order valence-corrected chi connectivity index (χ4v) is 2.98. The number of anilines is 2. The zero-order valence-corrected chi connectivity index (χ0v) is 10.8. The fraction of sp³-hybridized carbons (Fsp3) is 0.154. The lowest BCUT2D eigenvalue weighted by Gasteiger charge is -2.13. The molecule has 0 spiro atoms. The average molecular weight is 274 g/mol. The molecule has 0 radical (unpaired) electrons. The minimum Gasteiger partial charge on any atom is -0.476 e. The minimum absolute atomic E-state index is 0.0372. The van der Waals surface area contributed by atoms with Gasteiger partial charge in [0.1, 0.15) is 0 Å². The van der Waals surface area contributed by atoms with Crippen LogP contribution in [0.4, 0.5) is 10.8 Å². The molecular formula is C13H10N2O3S. The second-order valence-corrected chi connectivity index (χ2v) is 5.11. The van der Waals surface area contributed by atoms with Gasteiger partial charge >= 0.3 is 5.97 Å². The number of hydrogen-bond donors (Lipinski definition) is 1. The number of aromatic nitrogens is 1. The van der Waals surface area contributed by atoms with E-state index >= 15 is 0 Å². The highest BCUT2D eigenvalue weighted by Crippen LogP contribution is 2.42. The molecular weight excluding hydrogens is 264 g/mol. The van der Waals surface area contributed by atoms with Gasteiger partial charge in [0.05, 0.1) is 11.6 Å². The molecule has 1 unspecified atom stereocenters. The number of hydrogen-bond acceptors (Lipinski definition) is 4. The van der Waals surface area contributed by atoms with E-state index in [1.807, 2.05) is 31.2 Å². The van der Waals surface area contributed by atoms with Crippen LogP contribution >= 0.6 is 11.3 Å². The topological polar surface area (TPSA) is 70.5 Å².